The summed E-state index contributed by atoms with van der Waals surface area (Å²) in [5, 5.41) is 5.87. The van der Waals surface area contributed by atoms with Gasteiger partial charge in [-0.25, -0.2) is 0 Å². The molecule has 0 heterocycles. The summed E-state index contributed by atoms with van der Waals surface area (Å²) < 4.78 is 0.871. The van der Waals surface area contributed by atoms with Crippen LogP contribution >= 0.6 is 15.9 Å². The zero-order chi connectivity index (χ0) is 17.4. The Kier molecular flexibility index (Phi) is 6.81. The molecule has 6 heteroatoms. The second-order valence-electron chi connectivity index (χ2n) is 5.21. The second kappa shape index (κ2) is 9.08. The van der Waals surface area contributed by atoms with Crippen molar-refractivity contribution in [3.63, 3.8) is 0 Å². The Hall–Kier alpha value is -2.34. The lowest BCUT2D eigenvalue weighted by atomic mass is 10.1. The van der Waals surface area contributed by atoms with Crippen molar-refractivity contribution in [2.75, 3.05) is 18.4 Å². The highest BCUT2D eigenvalue weighted by Crippen LogP contribution is 2.11. The van der Waals surface area contributed by atoms with E-state index in [1.165, 1.54) is 5.56 Å². The monoisotopic (exact) mass is 388 g/mol. The van der Waals surface area contributed by atoms with Crippen molar-refractivity contribution >= 4 is 33.5 Å². The van der Waals surface area contributed by atoms with E-state index in [2.05, 4.69) is 44.5 Å². The number of hydrogen-bond acceptors (Lipinski definition) is 2. The number of aliphatic imine (C=N–C) groups is 1. The number of hydrogen-bond donors (Lipinski definition) is 3. The Morgan fingerprint density at radius 1 is 1.21 bits per heavy atom. The minimum absolute atomic E-state index is 0.131. The predicted octanol–water partition coefficient (Wildman–Crippen LogP) is 3.17. The van der Waals surface area contributed by atoms with Gasteiger partial charge in [-0.3, -0.25) is 9.79 Å². The number of aryl methyl sites for hydroxylation is 1. The van der Waals surface area contributed by atoms with Crippen molar-refractivity contribution in [1.82, 2.24) is 5.32 Å². The zero-order valence-electron chi connectivity index (χ0n) is 13.6. The van der Waals surface area contributed by atoms with Crippen molar-refractivity contribution in [1.29, 1.82) is 0 Å². The lowest BCUT2D eigenvalue weighted by Crippen LogP contribution is -2.28. The third kappa shape index (κ3) is 5.70. The van der Waals surface area contributed by atoms with Crippen LogP contribution in [0.1, 0.15) is 22.8 Å². The van der Waals surface area contributed by atoms with Crippen LogP contribution in [0.2, 0.25) is 0 Å². The minimum atomic E-state index is -0.131. The minimum Gasteiger partial charge on any atom is -0.370 e. The third-order valence-electron chi connectivity index (χ3n) is 3.37. The molecule has 2 rings (SSSR count). The van der Waals surface area contributed by atoms with E-state index >= 15 is 0 Å². The number of nitrogens with two attached hydrogens (primary N) is 1. The number of carbonyl (C=O) groups excluding carboxylic acids is 1. The van der Waals surface area contributed by atoms with Crippen molar-refractivity contribution in [3.8, 4) is 0 Å². The Morgan fingerprint density at radius 3 is 2.75 bits per heavy atom. The highest BCUT2D eigenvalue weighted by atomic mass is 79.9. The summed E-state index contributed by atoms with van der Waals surface area (Å²) in [6.07, 6.45) is 0.966. The Labute approximate surface area is 150 Å². The van der Waals surface area contributed by atoms with Crippen molar-refractivity contribution < 1.29 is 4.79 Å². The van der Waals surface area contributed by atoms with Gasteiger partial charge in [0, 0.05) is 22.3 Å². The first-order chi connectivity index (χ1) is 11.6. The van der Waals surface area contributed by atoms with Gasteiger partial charge in [-0.15, -0.1) is 0 Å². The molecule has 0 unspecified atom stereocenters. The number of benzene rings is 2. The van der Waals surface area contributed by atoms with E-state index in [4.69, 9.17) is 5.73 Å². The van der Waals surface area contributed by atoms with Gasteiger partial charge < -0.3 is 16.4 Å². The zero-order valence-corrected chi connectivity index (χ0v) is 15.1. The van der Waals surface area contributed by atoms with Gasteiger partial charge in [0.15, 0.2) is 5.96 Å². The molecule has 0 bridgehead atoms. The molecule has 0 saturated carbocycles. The summed E-state index contributed by atoms with van der Waals surface area (Å²) >= 11 is 3.35. The molecule has 2 aromatic carbocycles. The summed E-state index contributed by atoms with van der Waals surface area (Å²) in [6.45, 7) is 2.93. The van der Waals surface area contributed by atoms with E-state index in [1.807, 2.05) is 30.3 Å². The number of guanidine groups is 1. The van der Waals surface area contributed by atoms with Crippen LogP contribution in [0.4, 0.5) is 5.69 Å². The van der Waals surface area contributed by atoms with Crippen molar-refractivity contribution in [3.05, 3.63) is 64.1 Å². The molecule has 0 aromatic heterocycles. The molecule has 0 aliphatic rings. The summed E-state index contributed by atoms with van der Waals surface area (Å²) in [5.41, 5.74) is 8.61. The average molecular weight is 389 g/mol. The van der Waals surface area contributed by atoms with Gasteiger partial charge in [-0.1, -0.05) is 41.1 Å². The van der Waals surface area contributed by atoms with Gasteiger partial charge in [0.1, 0.15) is 0 Å². The summed E-state index contributed by atoms with van der Waals surface area (Å²) in [5.74, 6) is 0.202. The molecule has 0 fully saturated rings. The van der Waals surface area contributed by atoms with Crippen LogP contribution in [0.3, 0.4) is 0 Å². The van der Waals surface area contributed by atoms with Gasteiger partial charge in [-0.05, 0) is 42.3 Å². The van der Waals surface area contributed by atoms with Crippen LogP contribution in [0.25, 0.3) is 0 Å². The first-order valence-corrected chi connectivity index (χ1v) is 8.57. The second-order valence-corrected chi connectivity index (χ2v) is 6.13. The fraction of sp³-hybridized carbons (Fsp3) is 0.222. The lowest BCUT2D eigenvalue weighted by molar-refractivity contribution is 0.0954. The molecule has 24 heavy (non-hydrogen) atoms. The Bertz CT molecular complexity index is 730. The molecule has 0 atom stereocenters. The molecule has 4 N–H and O–H groups in total. The van der Waals surface area contributed by atoms with Gasteiger partial charge >= 0.3 is 0 Å². The molecule has 2 aromatic rings. The lowest BCUT2D eigenvalue weighted by Gasteiger charge is -2.08. The van der Waals surface area contributed by atoms with E-state index in [0.717, 1.165) is 16.6 Å². The normalized spacial score (nSPS) is 11.2. The molecule has 0 radical (unpaired) electrons. The Balaban J connectivity index is 1.79. The molecule has 0 aliphatic carbocycles. The molecule has 0 saturated heterocycles. The number of nitrogens with zero attached hydrogens (tertiary/aromatic N) is 1. The maximum absolute atomic E-state index is 12.0. The van der Waals surface area contributed by atoms with E-state index in [1.54, 1.807) is 12.1 Å². The topological polar surface area (TPSA) is 79.5 Å². The standard InChI is InChI=1S/C18H21BrN4O/c1-2-13-5-3-8-16(11-13)23-18(20)22-10-9-21-17(24)14-6-4-7-15(19)12-14/h3-8,11-12H,2,9-10H2,1H3,(H,21,24)(H3,20,22,23). The molecule has 126 valence electrons. The predicted molar refractivity (Wildman–Crippen MR) is 102 cm³/mol. The van der Waals surface area contributed by atoms with E-state index in [-0.39, 0.29) is 5.91 Å². The Morgan fingerprint density at radius 2 is 2.00 bits per heavy atom. The molecular weight excluding hydrogens is 368 g/mol. The van der Waals surface area contributed by atoms with Crippen molar-refractivity contribution in [2.24, 2.45) is 10.7 Å². The average Bonchev–Trinajstić information content (AvgIpc) is 2.58. The SMILES string of the molecule is CCc1cccc(NC(N)=NCCNC(=O)c2cccc(Br)c2)c1. The number of carbonyl (C=O) groups is 1. The number of amides is 1. The fourth-order valence-electron chi connectivity index (χ4n) is 2.13. The van der Waals surface area contributed by atoms with Gasteiger partial charge in [-0.2, -0.15) is 0 Å². The quantitative estimate of drug-likeness (QED) is 0.403. The van der Waals surface area contributed by atoms with Gasteiger partial charge in [0.05, 0.1) is 6.54 Å². The smallest absolute Gasteiger partial charge is 0.251 e. The van der Waals surface area contributed by atoms with E-state index < -0.39 is 0 Å². The molecular formula is C18H21BrN4O. The highest BCUT2D eigenvalue weighted by molar-refractivity contribution is 9.10. The molecule has 0 spiro atoms. The maximum atomic E-state index is 12.0. The number of nitrogens with one attached hydrogen (secondary N) is 2. The largest absolute Gasteiger partial charge is 0.370 e. The molecule has 5 nitrogen and oxygen atoms in total. The maximum Gasteiger partial charge on any atom is 0.251 e. The highest BCUT2D eigenvalue weighted by Gasteiger charge is 2.04. The van der Waals surface area contributed by atoms with E-state index in [0.29, 0.717) is 24.6 Å². The van der Waals surface area contributed by atoms with Crippen LogP contribution in [0.5, 0.6) is 0 Å². The first-order valence-electron chi connectivity index (χ1n) is 7.78. The number of anilines is 1. The summed E-state index contributed by atoms with van der Waals surface area (Å²) in [6, 6.07) is 15.3. The molecule has 0 aliphatic heterocycles. The van der Waals surface area contributed by atoms with Gasteiger partial charge in [0.25, 0.3) is 5.91 Å². The van der Waals surface area contributed by atoms with Crippen LogP contribution in [0, 0.1) is 0 Å². The first kappa shape index (κ1) is 18.0. The van der Waals surface area contributed by atoms with Crippen LogP contribution in [0.15, 0.2) is 58.0 Å². The number of halogens is 1. The van der Waals surface area contributed by atoms with E-state index in [9.17, 15) is 4.79 Å². The van der Waals surface area contributed by atoms with Crippen LogP contribution < -0.4 is 16.4 Å². The van der Waals surface area contributed by atoms with Crippen LogP contribution in [-0.4, -0.2) is 25.0 Å². The summed E-state index contributed by atoms with van der Waals surface area (Å²) in [4.78, 5) is 16.2. The third-order valence-corrected chi connectivity index (χ3v) is 3.87. The molecule has 1 amide bonds. The summed E-state index contributed by atoms with van der Waals surface area (Å²) in [7, 11) is 0. The fourth-order valence-corrected chi connectivity index (χ4v) is 2.53. The number of rotatable bonds is 6. The van der Waals surface area contributed by atoms with Crippen molar-refractivity contribution in [2.45, 2.75) is 13.3 Å². The van der Waals surface area contributed by atoms with Gasteiger partial charge in [0.2, 0.25) is 0 Å². The van der Waals surface area contributed by atoms with Crippen LogP contribution in [-0.2, 0) is 6.42 Å².